The van der Waals surface area contributed by atoms with Crippen molar-refractivity contribution in [1.82, 2.24) is 25.5 Å². The Labute approximate surface area is 194 Å². The Morgan fingerprint density at radius 3 is 2.78 bits per heavy atom. The first kappa shape index (κ1) is 22.7. The molecule has 2 N–H and O–H groups in total. The van der Waals surface area contributed by atoms with Crippen LogP contribution >= 0.6 is 23.1 Å². The summed E-state index contributed by atoms with van der Waals surface area (Å²) >= 11 is 2.96. The van der Waals surface area contributed by atoms with Gasteiger partial charge in [0, 0.05) is 29.9 Å². The third kappa shape index (κ3) is 6.49. The van der Waals surface area contributed by atoms with Crippen molar-refractivity contribution in [2.45, 2.75) is 18.0 Å². The van der Waals surface area contributed by atoms with E-state index in [0.29, 0.717) is 26.3 Å². The summed E-state index contributed by atoms with van der Waals surface area (Å²) in [7, 11) is 0. The molecule has 4 rings (SSSR count). The number of urea groups is 1. The Morgan fingerprint density at radius 2 is 1.97 bits per heavy atom. The van der Waals surface area contributed by atoms with Crippen molar-refractivity contribution in [3.8, 4) is 0 Å². The van der Waals surface area contributed by atoms with Gasteiger partial charge < -0.3 is 10.1 Å². The zero-order valence-corrected chi connectivity index (χ0v) is 19.2. The second-order valence-electron chi connectivity index (χ2n) is 7.27. The minimum Gasteiger partial charge on any atom is -0.379 e. The van der Waals surface area contributed by atoms with Crippen LogP contribution in [0.25, 0.3) is 10.9 Å². The Hall–Kier alpha value is -2.53. The maximum absolute atomic E-state index is 12.3. The number of benzene rings is 1. The fourth-order valence-electron chi connectivity index (χ4n) is 3.33. The molecule has 3 heterocycles. The number of para-hydroxylation sites is 1. The van der Waals surface area contributed by atoms with E-state index in [9.17, 15) is 9.59 Å². The molecule has 0 spiro atoms. The summed E-state index contributed by atoms with van der Waals surface area (Å²) in [6.07, 6.45) is 0.743. The number of nitrogens with zero attached hydrogens (tertiary/aromatic N) is 3. The van der Waals surface area contributed by atoms with Gasteiger partial charge in [0.05, 0.1) is 31.0 Å². The van der Waals surface area contributed by atoms with Gasteiger partial charge in [0.25, 0.3) is 0 Å². The number of fused-ring (bicyclic) bond motifs is 1. The van der Waals surface area contributed by atoms with Gasteiger partial charge in [0.2, 0.25) is 5.91 Å². The van der Waals surface area contributed by atoms with E-state index in [1.807, 2.05) is 41.8 Å². The van der Waals surface area contributed by atoms with Crippen LogP contribution in [0.15, 0.2) is 46.8 Å². The number of imide groups is 1. The molecule has 1 aliphatic rings. The lowest BCUT2D eigenvalue weighted by Crippen LogP contribution is -2.41. The van der Waals surface area contributed by atoms with Gasteiger partial charge in [0.15, 0.2) is 0 Å². The fourth-order valence-corrected chi connectivity index (χ4v) is 4.88. The third-order valence-electron chi connectivity index (χ3n) is 4.91. The number of nitrogens with one attached hydrogen (secondary N) is 2. The lowest BCUT2D eigenvalue weighted by Gasteiger charge is -2.25. The molecule has 1 aliphatic heterocycles. The van der Waals surface area contributed by atoms with Crippen LogP contribution < -0.4 is 10.6 Å². The number of rotatable bonds is 8. The van der Waals surface area contributed by atoms with E-state index in [-0.39, 0.29) is 11.7 Å². The van der Waals surface area contributed by atoms with E-state index in [2.05, 4.69) is 20.5 Å². The summed E-state index contributed by atoms with van der Waals surface area (Å²) in [6.45, 7) is 4.25. The second kappa shape index (κ2) is 11.4. The zero-order valence-electron chi connectivity index (χ0n) is 17.6. The standard InChI is InChI=1S/C22H25N5O3S2/c28-20(26-22(29)23-8-7-16-4-3-13-31-16)15-32-21-17-5-1-2-6-18(17)24-19(25-21)14-27-9-11-30-12-10-27/h1-6,13H,7-12,14-15H2,(H2,23,26,28,29). The molecular weight excluding hydrogens is 446 g/mol. The van der Waals surface area contributed by atoms with Crippen LogP contribution in [-0.4, -0.2) is 65.4 Å². The number of aromatic nitrogens is 2. The highest BCUT2D eigenvalue weighted by Gasteiger charge is 2.16. The van der Waals surface area contributed by atoms with Gasteiger partial charge in [-0.2, -0.15) is 0 Å². The molecule has 0 radical (unpaired) electrons. The van der Waals surface area contributed by atoms with E-state index in [1.54, 1.807) is 11.3 Å². The first-order valence-corrected chi connectivity index (χ1v) is 12.3. The molecule has 0 atom stereocenters. The first-order chi connectivity index (χ1) is 15.7. The molecule has 1 saturated heterocycles. The van der Waals surface area contributed by atoms with Gasteiger partial charge in [-0.05, 0) is 23.9 Å². The second-order valence-corrected chi connectivity index (χ2v) is 9.27. The predicted molar refractivity (Wildman–Crippen MR) is 126 cm³/mol. The molecule has 0 bridgehead atoms. The number of hydrogen-bond acceptors (Lipinski definition) is 8. The van der Waals surface area contributed by atoms with Crippen molar-refractivity contribution in [3.63, 3.8) is 0 Å². The average molecular weight is 472 g/mol. The Bertz CT molecular complexity index is 1050. The molecule has 3 aromatic rings. The monoisotopic (exact) mass is 471 g/mol. The SMILES string of the molecule is O=C(CSc1nc(CN2CCOCC2)nc2ccccc12)NC(=O)NCCc1cccs1. The van der Waals surface area contributed by atoms with E-state index >= 15 is 0 Å². The highest BCUT2D eigenvalue weighted by Crippen LogP contribution is 2.25. The fraction of sp³-hybridized carbons (Fsp3) is 0.364. The van der Waals surface area contributed by atoms with Crippen LogP contribution in [0.3, 0.4) is 0 Å². The van der Waals surface area contributed by atoms with Crippen molar-refractivity contribution in [1.29, 1.82) is 0 Å². The van der Waals surface area contributed by atoms with Crippen molar-refractivity contribution in [3.05, 3.63) is 52.5 Å². The highest BCUT2D eigenvalue weighted by atomic mass is 32.2. The van der Waals surface area contributed by atoms with Gasteiger partial charge in [-0.25, -0.2) is 14.8 Å². The van der Waals surface area contributed by atoms with Gasteiger partial charge in [-0.3, -0.25) is 15.0 Å². The van der Waals surface area contributed by atoms with Gasteiger partial charge in [0.1, 0.15) is 10.9 Å². The molecule has 8 nitrogen and oxygen atoms in total. The predicted octanol–water partition coefficient (Wildman–Crippen LogP) is 2.68. The van der Waals surface area contributed by atoms with Crippen LogP contribution in [-0.2, 0) is 22.5 Å². The normalized spacial score (nSPS) is 14.4. The minimum atomic E-state index is -0.479. The molecule has 3 amide bonds. The van der Waals surface area contributed by atoms with Crippen molar-refractivity contribution < 1.29 is 14.3 Å². The molecule has 0 unspecified atom stereocenters. The van der Waals surface area contributed by atoms with E-state index in [4.69, 9.17) is 9.72 Å². The van der Waals surface area contributed by atoms with Crippen LogP contribution in [0.5, 0.6) is 0 Å². The number of carbonyl (C=O) groups excluding carboxylic acids is 2. The maximum Gasteiger partial charge on any atom is 0.321 e. The maximum atomic E-state index is 12.3. The molecule has 32 heavy (non-hydrogen) atoms. The largest absolute Gasteiger partial charge is 0.379 e. The lowest BCUT2D eigenvalue weighted by molar-refractivity contribution is -0.117. The number of thiophene rings is 1. The summed E-state index contributed by atoms with van der Waals surface area (Å²) in [6, 6.07) is 11.3. The number of hydrogen-bond donors (Lipinski definition) is 2. The number of thioether (sulfide) groups is 1. The van der Waals surface area contributed by atoms with Gasteiger partial charge >= 0.3 is 6.03 Å². The van der Waals surface area contributed by atoms with Crippen LogP contribution in [0, 0.1) is 0 Å². The molecule has 1 fully saturated rings. The van der Waals surface area contributed by atoms with Crippen molar-refractivity contribution >= 4 is 45.9 Å². The average Bonchev–Trinajstić information content (AvgIpc) is 3.32. The molecule has 10 heteroatoms. The molecule has 168 valence electrons. The third-order valence-corrected chi connectivity index (χ3v) is 6.84. The molecule has 0 aliphatic carbocycles. The van der Waals surface area contributed by atoms with E-state index in [1.165, 1.54) is 16.6 Å². The van der Waals surface area contributed by atoms with E-state index in [0.717, 1.165) is 41.3 Å². The minimum absolute atomic E-state index is 0.0936. The summed E-state index contributed by atoms with van der Waals surface area (Å²) in [5.41, 5.74) is 0.847. The number of morpholine rings is 1. The summed E-state index contributed by atoms with van der Waals surface area (Å²) in [4.78, 5) is 37.1. The topological polar surface area (TPSA) is 96.5 Å². The summed E-state index contributed by atoms with van der Waals surface area (Å²) in [5.74, 6) is 0.456. The van der Waals surface area contributed by atoms with Crippen LogP contribution in [0.1, 0.15) is 10.7 Å². The van der Waals surface area contributed by atoms with E-state index < -0.39 is 6.03 Å². The summed E-state index contributed by atoms with van der Waals surface area (Å²) < 4.78 is 5.41. The number of ether oxygens (including phenoxy) is 1. The Kier molecular flexibility index (Phi) is 8.05. The smallest absolute Gasteiger partial charge is 0.321 e. The Morgan fingerprint density at radius 1 is 1.12 bits per heavy atom. The Balaban J connectivity index is 1.33. The molecule has 2 aromatic heterocycles. The zero-order chi connectivity index (χ0) is 22.2. The number of amides is 3. The first-order valence-electron chi connectivity index (χ1n) is 10.5. The highest BCUT2D eigenvalue weighted by molar-refractivity contribution is 8.00. The lowest BCUT2D eigenvalue weighted by atomic mass is 10.2. The van der Waals surface area contributed by atoms with Crippen molar-refractivity contribution in [2.75, 3.05) is 38.6 Å². The van der Waals surface area contributed by atoms with Crippen molar-refractivity contribution in [2.24, 2.45) is 0 Å². The summed E-state index contributed by atoms with van der Waals surface area (Å²) in [5, 5.41) is 8.75. The quantitative estimate of drug-likeness (QED) is 0.385. The number of carbonyl (C=O) groups is 2. The van der Waals surface area contributed by atoms with Gasteiger partial charge in [-0.15, -0.1) is 11.3 Å². The molecule has 1 aromatic carbocycles. The molecular formula is C22H25N5O3S2. The molecule has 0 saturated carbocycles. The van der Waals surface area contributed by atoms with Crippen LogP contribution in [0.4, 0.5) is 4.79 Å². The van der Waals surface area contributed by atoms with Gasteiger partial charge in [-0.1, -0.05) is 36.0 Å². The van der Waals surface area contributed by atoms with Crippen LogP contribution in [0.2, 0.25) is 0 Å².